The molecule has 0 spiro atoms. The first kappa shape index (κ1) is 13.9. The summed E-state index contributed by atoms with van der Waals surface area (Å²) in [7, 11) is 0. The molecule has 1 aromatic carbocycles. The van der Waals surface area contributed by atoms with Crippen molar-refractivity contribution in [1.29, 1.82) is 0 Å². The van der Waals surface area contributed by atoms with Crippen molar-refractivity contribution >= 4 is 11.6 Å². The van der Waals surface area contributed by atoms with Gasteiger partial charge in [-0.15, -0.1) is 6.42 Å². The van der Waals surface area contributed by atoms with Gasteiger partial charge in [-0.05, 0) is 31.2 Å². The Bertz CT molecular complexity index is 387. The highest BCUT2D eigenvalue weighted by atomic mass is 35.5. The molecule has 92 valence electrons. The standard InChI is InChI=1S/C13H16ClNO2/c1-2-8-17-13-5-4-12(14)9-11(13)10-15-6-3-7-16/h1,4-5,9,15-16H,3,6-8,10H2. The summed E-state index contributed by atoms with van der Waals surface area (Å²) >= 11 is 5.93. The normalized spacial score (nSPS) is 9.94. The fourth-order valence-electron chi connectivity index (χ4n) is 1.37. The van der Waals surface area contributed by atoms with Crippen LogP contribution in [0.25, 0.3) is 0 Å². The summed E-state index contributed by atoms with van der Waals surface area (Å²) in [4.78, 5) is 0. The lowest BCUT2D eigenvalue weighted by Crippen LogP contribution is -2.16. The van der Waals surface area contributed by atoms with E-state index in [0.717, 1.165) is 24.3 Å². The number of benzene rings is 1. The van der Waals surface area contributed by atoms with Crippen molar-refractivity contribution in [1.82, 2.24) is 5.32 Å². The number of aliphatic hydroxyl groups is 1. The summed E-state index contributed by atoms with van der Waals surface area (Å²) in [6.07, 6.45) is 5.87. The Hall–Kier alpha value is -1.21. The molecule has 0 heterocycles. The highest BCUT2D eigenvalue weighted by Crippen LogP contribution is 2.22. The van der Waals surface area contributed by atoms with Crippen LogP contribution in [0, 0.1) is 12.3 Å². The third-order valence-electron chi connectivity index (χ3n) is 2.16. The summed E-state index contributed by atoms with van der Waals surface area (Å²) in [5.74, 6) is 3.17. The van der Waals surface area contributed by atoms with Crippen molar-refractivity contribution in [3.63, 3.8) is 0 Å². The number of nitrogens with one attached hydrogen (secondary N) is 1. The van der Waals surface area contributed by atoms with Crippen LogP contribution in [0.3, 0.4) is 0 Å². The zero-order valence-corrected chi connectivity index (χ0v) is 10.3. The molecule has 0 unspecified atom stereocenters. The van der Waals surface area contributed by atoms with Crippen LogP contribution in [-0.2, 0) is 6.54 Å². The van der Waals surface area contributed by atoms with Crippen molar-refractivity contribution < 1.29 is 9.84 Å². The second kappa shape index (κ2) is 7.97. The topological polar surface area (TPSA) is 41.5 Å². The molecule has 17 heavy (non-hydrogen) atoms. The van der Waals surface area contributed by atoms with Crippen molar-refractivity contribution in [3.05, 3.63) is 28.8 Å². The fraction of sp³-hybridized carbons (Fsp3) is 0.385. The molecule has 0 saturated carbocycles. The molecule has 0 fully saturated rings. The van der Waals surface area contributed by atoms with Gasteiger partial charge < -0.3 is 15.2 Å². The van der Waals surface area contributed by atoms with Gasteiger partial charge in [-0.3, -0.25) is 0 Å². The Morgan fingerprint density at radius 3 is 3.00 bits per heavy atom. The van der Waals surface area contributed by atoms with E-state index in [1.54, 1.807) is 6.07 Å². The van der Waals surface area contributed by atoms with Gasteiger partial charge in [-0.1, -0.05) is 17.5 Å². The molecule has 2 N–H and O–H groups in total. The predicted octanol–water partition coefficient (Wildman–Crippen LogP) is 1.82. The molecule has 1 rings (SSSR count). The number of hydrogen-bond donors (Lipinski definition) is 2. The van der Waals surface area contributed by atoms with Gasteiger partial charge in [0.15, 0.2) is 0 Å². The molecule has 0 aliphatic heterocycles. The molecule has 0 atom stereocenters. The van der Waals surface area contributed by atoms with Gasteiger partial charge in [-0.2, -0.15) is 0 Å². The van der Waals surface area contributed by atoms with Gasteiger partial charge in [0, 0.05) is 23.7 Å². The molecule has 3 nitrogen and oxygen atoms in total. The number of hydrogen-bond acceptors (Lipinski definition) is 3. The molecule has 0 aromatic heterocycles. The monoisotopic (exact) mass is 253 g/mol. The number of terminal acetylenes is 1. The highest BCUT2D eigenvalue weighted by molar-refractivity contribution is 6.30. The molecule has 0 aliphatic rings. The minimum atomic E-state index is 0.184. The predicted molar refractivity (Wildman–Crippen MR) is 69.2 cm³/mol. The van der Waals surface area contributed by atoms with E-state index in [1.165, 1.54) is 0 Å². The van der Waals surface area contributed by atoms with Crippen molar-refractivity contribution in [3.8, 4) is 18.1 Å². The molecule has 0 bridgehead atoms. The number of ether oxygens (including phenoxy) is 1. The smallest absolute Gasteiger partial charge is 0.148 e. The Morgan fingerprint density at radius 1 is 1.47 bits per heavy atom. The molecular weight excluding hydrogens is 238 g/mol. The summed E-state index contributed by atoms with van der Waals surface area (Å²) in [5.41, 5.74) is 0.964. The first-order valence-electron chi connectivity index (χ1n) is 5.44. The van der Waals surface area contributed by atoms with Crippen LogP contribution in [0.2, 0.25) is 5.02 Å². The van der Waals surface area contributed by atoms with E-state index < -0.39 is 0 Å². The van der Waals surface area contributed by atoms with E-state index in [-0.39, 0.29) is 13.2 Å². The zero-order valence-electron chi connectivity index (χ0n) is 9.58. The molecule has 4 heteroatoms. The first-order chi connectivity index (χ1) is 8.27. The lowest BCUT2D eigenvalue weighted by atomic mass is 10.2. The van der Waals surface area contributed by atoms with Crippen LogP contribution >= 0.6 is 11.6 Å². The molecule has 1 aromatic rings. The van der Waals surface area contributed by atoms with Crippen LogP contribution in [0.1, 0.15) is 12.0 Å². The minimum absolute atomic E-state index is 0.184. The number of rotatable bonds is 7. The molecule has 0 saturated heterocycles. The van der Waals surface area contributed by atoms with Crippen LogP contribution in [0.4, 0.5) is 0 Å². The van der Waals surface area contributed by atoms with E-state index in [2.05, 4.69) is 11.2 Å². The average Bonchev–Trinajstić information content (AvgIpc) is 2.33. The maximum atomic E-state index is 8.67. The Kier molecular flexibility index (Phi) is 6.49. The second-order valence-corrected chi connectivity index (χ2v) is 3.94. The van der Waals surface area contributed by atoms with E-state index >= 15 is 0 Å². The molecular formula is C13H16ClNO2. The van der Waals surface area contributed by atoms with Crippen LogP contribution in [-0.4, -0.2) is 24.9 Å². The summed E-state index contributed by atoms with van der Waals surface area (Å²) < 4.78 is 5.41. The molecule has 0 amide bonds. The van der Waals surface area contributed by atoms with E-state index in [9.17, 15) is 0 Å². The third kappa shape index (κ3) is 5.10. The molecule has 0 radical (unpaired) electrons. The maximum Gasteiger partial charge on any atom is 0.148 e. The Labute approximate surface area is 107 Å². The SMILES string of the molecule is C#CCOc1ccc(Cl)cc1CNCCCO. The first-order valence-corrected chi connectivity index (χ1v) is 5.82. The van der Waals surface area contributed by atoms with Gasteiger partial charge in [0.2, 0.25) is 0 Å². The third-order valence-corrected chi connectivity index (χ3v) is 2.40. The second-order valence-electron chi connectivity index (χ2n) is 3.50. The van der Waals surface area contributed by atoms with Gasteiger partial charge >= 0.3 is 0 Å². The fourth-order valence-corrected chi connectivity index (χ4v) is 1.57. The number of aliphatic hydroxyl groups excluding tert-OH is 1. The van der Waals surface area contributed by atoms with Gasteiger partial charge in [0.1, 0.15) is 12.4 Å². The quantitative estimate of drug-likeness (QED) is 0.575. The van der Waals surface area contributed by atoms with Crippen LogP contribution in [0.5, 0.6) is 5.75 Å². The van der Waals surface area contributed by atoms with Gasteiger partial charge in [-0.25, -0.2) is 0 Å². The number of halogens is 1. The van der Waals surface area contributed by atoms with Gasteiger partial charge in [0.05, 0.1) is 0 Å². The largest absolute Gasteiger partial charge is 0.481 e. The highest BCUT2D eigenvalue weighted by Gasteiger charge is 2.04. The van der Waals surface area contributed by atoms with E-state index in [4.69, 9.17) is 27.9 Å². The lowest BCUT2D eigenvalue weighted by Gasteiger charge is -2.11. The van der Waals surface area contributed by atoms with E-state index in [1.807, 2.05) is 12.1 Å². The Morgan fingerprint density at radius 2 is 2.29 bits per heavy atom. The lowest BCUT2D eigenvalue weighted by molar-refractivity contribution is 0.285. The zero-order chi connectivity index (χ0) is 12.5. The summed E-state index contributed by atoms with van der Waals surface area (Å²) in [5, 5.41) is 12.5. The van der Waals surface area contributed by atoms with Crippen molar-refractivity contribution in [2.75, 3.05) is 19.8 Å². The minimum Gasteiger partial charge on any atom is -0.481 e. The Balaban J connectivity index is 2.60. The van der Waals surface area contributed by atoms with Crippen LogP contribution < -0.4 is 10.1 Å². The van der Waals surface area contributed by atoms with Crippen molar-refractivity contribution in [2.24, 2.45) is 0 Å². The van der Waals surface area contributed by atoms with Crippen molar-refractivity contribution in [2.45, 2.75) is 13.0 Å². The van der Waals surface area contributed by atoms with Crippen LogP contribution in [0.15, 0.2) is 18.2 Å². The summed E-state index contributed by atoms with van der Waals surface area (Å²) in [6, 6.07) is 5.42. The molecule has 0 aliphatic carbocycles. The van der Waals surface area contributed by atoms with Gasteiger partial charge in [0.25, 0.3) is 0 Å². The summed E-state index contributed by atoms with van der Waals surface area (Å²) in [6.45, 7) is 1.81. The average molecular weight is 254 g/mol. The van der Waals surface area contributed by atoms with E-state index in [0.29, 0.717) is 11.6 Å². The maximum absolute atomic E-state index is 8.67.